The van der Waals surface area contributed by atoms with Gasteiger partial charge in [0, 0.05) is 10.9 Å². The average molecular weight is 277 g/mol. The van der Waals surface area contributed by atoms with Gasteiger partial charge in [0.2, 0.25) is 0 Å². The van der Waals surface area contributed by atoms with Crippen LogP contribution < -0.4 is 5.32 Å². The normalized spacial score (nSPS) is 13.9. The third-order valence-corrected chi connectivity index (χ3v) is 3.66. The van der Waals surface area contributed by atoms with Crippen molar-refractivity contribution in [2.45, 2.75) is 47.1 Å². The molecule has 1 atom stereocenters. The summed E-state index contributed by atoms with van der Waals surface area (Å²) >= 11 is 0. The summed E-state index contributed by atoms with van der Waals surface area (Å²) in [6.45, 7) is 11.7. The van der Waals surface area contributed by atoms with Gasteiger partial charge in [-0.3, -0.25) is 0 Å². The first-order chi connectivity index (χ1) is 9.34. The molecule has 0 aliphatic heterocycles. The number of fused-ring (bicyclic) bond motifs is 1. The predicted octanol–water partition coefficient (Wildman–Crippen LogP) is 4.97. The van der Waals surface area contributed by atoms with E-state index in [1.165, 1.54) is 6.07 Å². The predicted molar refractivity (Wildman–Crippen MR) is 81.4 cm³/mol. The lowest BCUT2D eigenvalue weighted by Gasteiger charge is -2.30. The van der Waals surface area contributed by atoms with Crippen molar-refractivity contribution in [1.82, 2.24) is 5.32 Å². The van der Waals surface area contributed by atoms with Crippen molar-refractivity contribution in [3.8, 4) is 0 Å². The van der Waals surface area contributed by atoms with Crippen LogP contribution in [0.4, 0.5) is 4.39 Å². The summed E-state index contributed by atoms with van der Waals surface area (Å²) in [7, 11) is 0. The highest BCUT2D eigenvalue weighted by atomic mass is 19.1. The van der Waals surface area contributed by atoms with E-state index in [1.54, 1.807) is 12.1 Å². The van der Waals surface area contributed by atoms with E-state index in [9.17, 15) is 4.39 Å². The number of nitrogens with one attached hydrogen (secondary N) is 1. The van der Waals surface area contributed by atoms with Crippen molar-refractivity contribution >= 4 is 11.0 Å². The Morgan fingerprint density at radius 1 is 1.30 bits per heavy atom. The maximum absolute atomic E-state index is 13.4. The number of furan rings is 1. The highest BCUT2D eigenvalue weighted by molar-refractivity contribution is 5.82. The summed E-state index contributed by atoms with van der Waals surface area (Å²) in [6, 6.07) is 4.83. The molecular formula is C17H24FNO. The van der Waals surface area contributed by atoms with Crippen molar-refractivity contribution in [3.05, 3.63) is 35.3 Å². The standard InChI is InChI=1S/C17H24FNO/c1-6-9-19-16(17(3,4)5)15-11(2)13-10-12(18)7-8-14(13)20-15/h7-8,10,16,19H,6,9H2,1-5H3. The summed E-state index contributed by atoms with van der Waals surface area (Å²) in [5, 5.41) is 4.42. The lowest BCUT2D eigenvalue weighted by Crippen LogP contribution is -2.33. The second kappa shape index (κ2) is 5.57. The minimum atomic E-state index is -0.221. The van der Waals surface area contributed by atoms with Crippen molar-refractivity contribution in [2.75, 3.05) is 6.54 Å². The summed E-state index contributed by atoms with van der Waals surface area (Å²) in [5.74, 6) is 0.702. The van der Waals surface area contributed by atoms with Crippen LogP contribution in [0.3, 0.4) is 0 Å². The molecule has 3 heteroatoms. The molecule has 0 amide bonds. The van der Waals surface area contributed by atoms with Crippen LogP contribution in [-0.4, -0.2) is 6.54 Å². The highest BCUT2D eigenvalue weighted by Gasteiger charge is 2.30. The van der Waals surface area contributed by atoms with E-state index in [0.29, 0.717) is 0 Å². The number of hydrogen-bond acceptors (Lipinski definition) is 2. The second-order valence-electron chi connectivity index (χ2n) is 6.48. The Balaban J connectivity index is 2.50. The Bertz CT molecular complexity index is 595. The van der Waals surface area contributed by atoms with Gasteiger partial charge in [0.1, 0.15) is 17.2 Å². The monoisotopic (exact) mass is 277 g/mol. The fourth-order valence-corrected chi connectivity index (χ4v) is 2.57. The van der Waals surface area contributed by atoms with Gasteiger partial charge in [-0.1, -0.05) is 27.7 Å². The zero-order valence-electron chi connectivity index (χ0n) is 13.0. The van der Waals surface area contributed by atoms with Gasteiger partial charge >= 0.3 is 0 Å². The van der Waals surface area contributed by atoms with Crippen LogP contribution in [0.2, 0.25) is 0 Å². The molecule has 1 heterocycles. The molecule has 1 aromatic carbocycles. The Morgan fingerprint density at radius 2 is 2.00 bits per heavy atom. The van der Waals surface area contributed by atoms with Crippen molar-refractivity contribution in [2.24, 2.45) is 5.41 Å². The van der Waals surface area contributed by atoms with Gasteiger partial charge in [-0.05, 0) is 43.5 Å². The van der Waals surface area contributed by atoms with Crippen molar-refractivity contribution in [1.29, 1.82) is 0 Å². The number of aryl methyl sites for hydroxylation is 1. The largest absolute Gasteiger partial charge is 0.459 e. The first kappa shape index (κ1) is 15.0. The van der Waals surface area contributed by atoms with Gasteiger partial charge in [0.15, 0.2) is 0 Å². The van der Waals surface area contributed by atoms with Crippen LogP contribution in [-0.2, 0) is 0 Å². The molecule has 0 saturated carbocycles. The van der Waals surface area contributed by atoms with Gasteiger partial charge in [0.05, 0.1) is 6.04 Å². The minimum absolute atomic E-state index is 0.0341. The Kier molecular flexibility index (Phi) is 4.19. The fraction of sp³-hybridized carbons (Fsp3) is 0.529. The van der Waals surface area contributed by atoms with E-state index >= 15 is 0 Å². The Hall–Kier alpha value is -1.35. The molecule has 2 nitrogen and oxygen atoms in total. The van der Waals surface area contributed by atoms with E-state index in [1.807, 2.05) is 6.92 Å². The molecule has 0 aliphatic rings. The molecular weight excluding hydrogens is 253 g/mol. The first-order valence-corrected chi connectivity index (χ1v) is 7.26. The third kappa shape index (κ3) is 2.88. The third-order valence-electron chi connectivity index (χ3n) is 3.66. The SMILES string of the molecule is CCCNC(c1oc2ccc(F)cc2c1C)C(C)(C)C. The number of hydrogen-bond donors (Lipinski definition) is 1. The minimum Gasteiger partial charge on any atom is -0.459 e. The molecule has 0 bridgehead atoms. The molecule has 1 N–H and O–H groups in total. The molecule has 0 saturated heterocycles. The first-order valence-electron chi connectivity index (χ1n) is 7.26. The van der Waals surface area contributed by atoms with Gasteiger partial charge in [-0.15, -0.1) is 0 Å². The topological polar surface area (TPSA) is 25.2 Å². The van der Waals surface area contributed by atoms with E-state index in [4.69, 9.17) is 4.42 Å². The molecule has 0 aliphatic carbocycles. The molecule has 0 spiro atoms. The van der Waals surface area contributed by atoms with Gasteiger partial charge in [0.25, 0.3) is 0 Å². The van der Waals surface area contributed by atoms with E-state index < -0.39 is 0 Å². The summed E-state index contributed by atoms with van der Waals surface area (Å²) in [5.41, 5.74) is 1.82. The highest BCUT2D eigenvalue weighted by Crippen LogP contribution is 2.38. The van der Waals surface area contributed by atoms with E-state index in [-0.39, 0.29) is 17.3 Å². The summed E-state index contributed by atoms with van der Waals surface area (Å²) in [6.07, 6.45) is 1.07. The Morgan fingerprint density at radius 3 is 2.60 bits per heavy atom. The van der Waals surface area contributed by atoms with Gasteiger partial charge in [-0.2, -0.15) is 0 Å². The van der Waals surface area contributed by atoms with Crippen LogP contribution in [0.1, 0.15) is 51.5 Å². The fourth-order valence-electron chi connectivity index (χ4n) is 2.57. The molecule has 2 rings (SSSR count). The van der Waals surface area contributed by atoms with Gasteiger partial charge < -0.3 is 9.73 Å². The number of rotatable bonds is 4. The molecule has 1 unspecified atom stereocenters. The maximum Gasteiger partial charge on any atom is 0.134 e. The molecule has 2 aromatic rings. The van der Waals surface area contributed by atoms with E-state index in [2.05, 4.69) is 33.0 Å². The van der Waals surface area contributed by atoms with Crippen LogP contribution in [0.25, 0.3) is 11.0 Å². The molecule has 1 aromatic heterocycles. The smallest absolute Gasteiger partial charge is 0.134 e. The van der Waals surface area contributed by atoms with E-state index in [0.717, 1.165) is 35.3 Å². The van der Waals surface area contributed by atoms with Crippen molar-refractivity contribution < 1.29 is 8.81 Å². The number of halogens is 1. The molecule has 20 heavy (non-hydrogen) atoms. The summed E-state index contributed by atoms with van der Waals surface area (Å²) < 4.78 is 19.4. The average Bonchev–Trinajstić information content (AvgIpc) is 2.66. The molecule has 0 fully saturated rings. The quantitative estimate of drug-likeness (QED) is 0.853. The second-order valence-corrected chi connectivity index (χ2v) is 6.48. The van der Waals surface area contributed by atoms with Crippen molar-refractivity contribution in [3.63, 3.8) is 0 Å². The van der Waals surface area contributed by atoms with Crippen LogP contribution in [0.15, 0.2) is 22.6 Å². The molecule has 0 radical (unpaired) electrons. The van der Waals surface area contributed by atoms with Crippen LogP contribution >= 0.6 is 0 Å². The number of benzene rings is 1. The van der Waals surface area contributed by atoms with Gasteiger partial charge in [-0.25, -0.2) is 4.39 Å². The molecule has 110 valence electrons. The van der Waals surface area contributed by atoms with Crippen LogP contribution in [0.5, 0.6) is 0 Å². The summed E-state index contributed by atoms with van der Waals surface area (Å²) in [4.78, 5) is 0. The zero-order chi connectivity index (χ0) is 14.9. The Labute approximate surface area is 120 Å². The van der Waals surface area contributed by atoms with Crippen LogP contribution in [0, 0.1) is 18.2 Å². The lowest BCUT2D eigenvalue weighted by atomic mass is 9.84. The lowest BCUT2D eigenvalue weighted by molar-refractivity contribution is 0.240. The zero-order valence-corrected chi connectivity index (χ0v) is 13.0. The maximum atomic E-state index is 13.4.